The second kappa shape index (κ2) is 5.05. The average molecular weight is 292 g/mol. The lowest BCUT2D eigenvalue weighted by atomic mass is 10.00. The Morgan fingerprint density at radius 3 is 2.35 bits per heavy atom. The van der Waals surface area contributed by atoms with Crippen LogP contribution in [0.25, 0.3) is 0 Å². The summed E-state index contributed by atoms with van der Waals surface area (Å²) in [7, 11) is 0. The Labute approximate surface area is 112 Å². The van der Waals surface area contributed by atoms with E-state index in [4.69, 9.17) is 4.74 Å². The maximum Gasteiger partial charge on any atom is 0.342 e. The van der Waals surface area contributed by atoms with Crippen LogP contribution in [0, 0.1) is 0 Å². The van der Waals surface area contributed by atoms with Gasteiger partial charge < -0.3 is 9.47 Å². The minimum atomic E-state index is -4.41. The Kier molecular flexibility index (Phi) is 3.73. The molecule has 0 spiro atoms. The first-order valence-electron chi connectivity index (χ1n) is 5.86. The van der Waals surface area contributed by atoms with Crippen molar-refractivity contribution in [1.29, 1.82) is 0 Å². The minimum Gasteiger partial charge on any atom is -0.463 e. The van der Waals surface area contributed by atoms with Gasteiger partial charge in [0.25, 0.3) is 0 Å². The molecule has 1 aliphatic rings. The van der Waals surface area contributed by atoms with E-state index in [0.29, 0.717) is 0 Å². The number of benzene rings is 1. The maximum atomic E-state index is 13.8. The highest BCUT2D eigenvalue weighted by Gasteiger charge is 2.72. The summed E-state index contributed by atoms with van der Waals surface area (Å²) in [6.07, 6.45) is -4.24. The molecule has 1 aliphatic heterocycles. The van der Waals surface area contributed by atoms with Crippen molar-refractivity contribution in [2.45, 2.75) is 31.0 Å². The van der Waals surface area contributed by atoms with E-state index in [2.05, 4.69) is 4.74 Å². The van der Waals surface area contributed by atoms with Gasteiger partial charge in [-0.25, -0.2) is 0 Å². The molecule has 1 aromatic rings. The average Bonchev–Trinajstić information content (AvgIpc) is 2.55. The number of esters is 1. The van der Waals surface area contributed by atoms with Crippen molar-refractivity contribution in [3.05, 3.63) is 35.9 Å². The lowest BCUT2D eigenvalue weighted by Crippen LogP contribution is -2.46. The van der Waals surface area contributed by atoms with Crippen LogP contribution in [0.4, 0.5) is 17.6 Å². The molecule has 0 radical (unpaired) electrons. The highest BCUT2D eigenvalue weighted by Crippen LogP contribution is 2.54. The van der Waals surface area contributed by atoms with Gasteiger partial charge in [0.05, 0.1) is 0 Å². The smallest absolute Gasteiger partial charge is 0.342 e. The third-order valence-corrected chi connectivity index (χ3v) is 3.02. The molecule has 0 amide bonds. The third-order valence-electron chi connectivity index (χ3n) is 3.02. The number of hydrogen-bond donors (Lipinski definition) is 0. The van der Waals surface area contributed by atoms with Crippen LogP contribution < -0.4 is 0 Å². The summed E-state index contributed by atoms with van der Waals surface area (Å²) in [6.45, 7) is 0.0845. The molecule has 0 unspecified atom stereocenters. The van der Waals surface area contributed by atoms with Crippen molar-refractivity contribution in [1.82, 2.24) is 0 Å². The van der Waals surface area contributed by atoms with Crippen molar-refractivity contribution >= 4 is 5.97 Å². The van der Waals surface area contributed by atoms with Crippen LogP contribution in [-0.2, 0) is 14.3 Å². The van der Waals surface area contributed by atoms with Crippen LogP contribution in [-0.4, -0.2) is 30.5 Å². The maximum absolute atomic E-state index is 13.8. The van der Waals surface area contributed by atoms with Crippen LogP contribution in [0.5, 0.6) is 0 Å². The van der Waals surface area contributed by atoms with Gasteiger partial charge in [0.15, 0.2) is 12.2 Å². The Morgan fingerprint density at radius 2 is 1.80 bits per heavy atom. The predicted octanol–water partition coefficient (Wildman–Crippen LogP) is 2.96. The van der Waals surface area contributed by atoms with Gasteiger partial charge in [-0.3, -0.25) is 4.79 Å². The molecule has 0 saturated carbocycles. The summed E-state index contributed by atoms with van der Waals surface area (Å²) in [6, 6.07) is 7.04. The highest BCUT2D eigenvalue weighted by atomic mass is 19.3. The van der Waals surface area contributed by atoms with Crippen molar-refractivity contribution in [2.24, 2.45) is 0 Å². The summed E-state index contributed by atoms with van der Waals surface area (Å²) < 4.78 is 64.2. The molecule has 0 aromatic heterocycles. The summed E-state index contributed by atoms with van der Waals surface area (Å²) in [4.78, 5) is 10.6. The molecule has 0 N–H and O–H groups in total. The molecule has 20 heavy (non-hydrogen) atoms. The van der Waals surface area contributed by atoms with E-state index in [1.807, 2.05) is 0 Å². The number of hydrogen-bond acceptors (Lipinski definition) is 3. The zero-order valence-electron chi connectivity index (χ0n) is 10.5. The third kappa shape index (κ3) is 2.37. The highest BCUT2D eigenvalue weighted by molar-refractivity contribution is 5.65. The van der Waals surface area contributed by atoms with Gasteiger partial charge in [0, 0.05) is 6.92 Å². The van der Waals surface area contributed by atoms with Crippen molar-refractivity contribution in [2.75, 3.05) is 6.61 Å². The molecule has 2 rings (SSSR count). The van der Waals surface area contributed by atoms with Crippen molar-refractivity contribution in [3.63, 3.8) is 0 Å². The minimum absolute atomic E-state index is 0.0532. The molecular formula is C13H12F4O3. The first-order valence-corrected chi connectivity index (χ1v) is 5.86. The SMILES string of the molecule is CC(=O)OC[C@H]1O[C@H](c2ccccc2)C(F)(F)C1(F)F. The van der Waals surface area contributed by atoms with Crippen LogP contribution in [0.1, 0.15) is 18.6 Å². The molecule has 0 bridgehead atoms. The first-order chi connectivity index (χ1) is 9.26. The summed E-state index contributed by atoms with van der Waals surface area (Å²) in [5, 5.41) is 0. The molecule has 0 aliphatic carbocycles. The normalized spacial score (nSPS) is 27.2. The lowest BCUT2D eigenvalue weighted by Gasteiger charge is -2.23. The molecule has 1 aromatic carbocycles. The number of carbonyl (C=O) groups excluding carboxylic acids is 1. The second-order valence-electron chi connectivity index (χ2n) is 4.46. The number of ether oxygens (including phenoxy) is 2. The van der Waals surface area contributed by atoms with Gasteiger partial charge in [-0.05, 0) is 5.56 Å². The van der Waals surface area contributed by atoms with Gasteiger partial charge in [-0.1, -0.05) is 30.3 Å². The molecule has 3 nitrogen and oxygen atoms in total. The zero-order chi connectivity index (χ0) is 15.0. The second-order valence-corrected chi connectivity index (χ2v) is 4.46. The van der Waals surface area contributed by atoms with Crippen LogP contribution in [0.3, 0.4) is 0 Å². The number of alkyl halides is 4. The standard InChI is InChI=1S/C13H12F4O3/c1-8(18)19-7-10-12(14,15)13(16,17)11(20-10)9-5-3-2-4-6-9/h2-6,10-11H,7H2,1H3/t10-,11-/m1/s1. The molecule has 110 valence electrons. The summed E-state index contributed by atoms with van der Waals surface area (Å²) >= 11 is 0. The molecule has 7 heteroatoms. The van der Waals surface area contributed by atoms with Gasteiger partial charge in [-0.15, -0.1) is 0 Å². The molecule has 1 heterocycles. The topological polar surface area (TPSA) is 35.5 Å². The zero-order valence-corrected chi connectivity index (χ0v) is 10.5. The van der Waals surface area contributed by atoms with Crippen LogP contribution in [0.2, 0.25) is 0 Å². The van der Waals surface area contributed by atoms with Crippen LogP contribution >= 0.6 is 0 Å². The Morgan fingerprint density at radius 1 is 1.20 bits per heavy atom. The van der Waals surface area contributed by atoms with E-state index in [-0.39, 0.29) is 5.56 Å². The number of rotatable bonds is 3. The van der Waals surface area contributed by atoms with Gasteiger partial charge in [0.2, 0.25) is 0 Å². The van der Waals surface area contributed by atoms with Gasteiger partial charge >= 0.3 is 17.8 Å². The largest absolute Gasteiger partial charge is 0.463 e. The monoisotopic (exact) mass is 292 g/mol. The van der Waals surface area contributed by atoms with E-state index in [9.17, 15) is 22.4 Å². The van der Waals surface area contributed by atoms with Gasteiger partial charge in [0.1, 0.15) is 6.61 Å². The van der Waals surface area contributed by atoms with Crippen LogP contribution in [0.15, 0.2) is 30.3 Å². The molecule has 1 fully saturated rings. The van der Waals surface area contributed by atoms with E-state index >= 15 is 0 Å². The number of carbonyl (C=O) groups is 1. The number of halogens is 4. The Bertz CT molecular complexity index is 490. The van der Waals surface area contributed by atoms with E-state index in [0.717, 1.165) is 6.92 Å². The fourth-order valence-corrected chi connectivity index (χ4v) is 1.98. The molecular weight excluding hydrogens is 280 g/mol. The Hall–Kier alpha value is -1.63. The quantitative estimate of drug-likeness (QED) is 0.634. The van der Waals surface area contributed by atoms with Crippen molar-refractivity contribution in [3.8, 4) is 0 Å². The fraction of sp³-hybridized carbons (Fsp3) is 0.462. The van der Waals surface area contributed by atoms with E-state index < -0.39 is 36.6 Å². The first kappa shape index (κ1) is 14.8. The van der Waals surface area contributed by atoms with E-state index in [1.165, 1.54) is 24.3 Å². The van der Waals surface area contributed by atoms with Gasteiger partial charge in [-0.2, -0.15) is 17.6 Å². The lowest BCUT2D eigenvalue weighted by molar-refractivity contribution is -0.203. The summed E-state index contributed by atoms with van der Waals surface area (Å²) in [5.74, 6) is -9.63. The van der Waals surface area contributed by atoms with E-state index in [1.54, 1.807) is 6.07 Å². The summed E-state index contributed by atoms with van der Waals surface area (Å²) in [5.41, 5.74) is -0.0532. The Balaban J connectivity index is 2.26. The fourth-order valence-electron chi connectivity index (χ4n) is 1.98. The van der Waals surface area contributed by atoms with Crippen molar-refractivity contribution < 1.29 is 31.8 Å². The molecule has 2 atom stereocenters. The predicted molar refractivity (Wildman–Crippen MR) is 60.6 cm³/mol. The molecule has 1 saturated heterocycles.